The molecule has 1 aromatic heterocycles. The van der Waals surface area contributed by atoms with Crippen LogP contribution in [-0.2, 0) is 5.41 Å². The van der Waals surface area contributed by atoms with Crippen LogP contribution in [0.4, 0.5) is 0 Å². The highest BCUT2D eigenvalue weighted by molar-refractivity contribution is 6.16. The lowest BCUT2D eigenvalue weighted by atomic mass is 9.65. The van der Waals surface area contributed by atoms with Crippen molar-refractivity contribution in [1.82, 2.24) is 0 Å². The number of hydrogen-bond acceptors (Lipinski definition) is 1. The quantitative estimate of drug-likeness (QED) is 0.177. The molecular weight excluding hydrogens is 677 g/mol. The Kier molecular flexibility index (Phi) is 6.62. The molecule has 0 radical (unpaired) electrons. The summed E-state index contributed by atoms with van der Waals surface area (Å²) >= 11 is 0. The zero-order valence-corrected chi connectivity index (χ0v) is 30.5. The van der Waals surface area contributed by atoms with Gasteiger partial charge in [-0.1, -0.05) is 170 Å². The average Bonchev–Trinajstić information content (AvgIpc) is 3.79. The van der Waals surface area contributed by atoms with Gasteiger partial charge in [0.2, 0.25) is 0 Å². The molecule has 1 aliphatic rings. The maximum Gasteiger partial charge on any atom is 0.136 e. The molecular formula is C55H34O. The Morgan fingerprint density at radius 2 is 0.946 bits per heavy atom. The van der Waals surface area contributed by atoms with E-state index in [4.69, 9.17) is 4.42 Å². The van der Waals surface area contributed by atoms with Crippen LogP contribution in [0.5, 0.6) is 0 Å². The second-order valence-corrected chi connectivity index (χ2v) is 15.2. The molecule has 1 aliphatic carbocycles. The Labute approximate surface area is 324 Å². The summed E-state index contributed by atoms with van der Waals surface area (Å²) in [5.41, 5.74) is 13.7. The minimum atomic E-state index is -0.614. The molecule has 1 nitrogen and oxygen atoms in total. The summed E-state index contributed by atoms with van der Waals surface area (Å²) < 4.78 is 6.59. The lowest BCUT2D eigenvalue weighted by Gasteiger charge is -2.35. The van der Waals surface area contributed by atoms with Gasteiger partial charge in [0.25, 0.3) is 0 Å². The molecule has 0 atom stereocenters. The summed E-state index contributed by atoms with van der Waals surface area (Å²) in [5, 5.41) is 9.67. The molecule has 0 bridgehead atoms. The third-order valence-corrected chi connectivity index (χ3v) is 12.3. The Hall–Kier alpha value is -7.22. The van der Waals surface area contributed by atoms with Gasteiger partial charge < -0.3 is 4.42 Å². The highest BCUT2D eigenvalue weighted by atomic mass is 16.3. The fraction of sp³-hybridized carbons (Fsp3) is 0.0182. The van der Waals surface area contributed by atoms with Crippen molar-refractivity contribution in [2.45, 2.75) is 5.41 Å². The Morgan fingerprint density at radius 1 is 0.339 bits per heavy atom. The SMILES string of the molecule is c1ccc(C2(c3ccccc3)c3cc(-c4cccc5oc6cc7ccccc7cc6c45)ccc3-c3c2c(-c2ccc4ccccc4c2)cc2ccccc32)cc1. The van der Waals surface area contributed by atoms with Crippen LogP contribution in [-0.4, -0.2) is 0 Å². The number of benzene rings is 10. The first-order valence-corrected chi connectivity index (χ1v) is 19.4. The highest BCUT2D eigenvalue weighted by Crippen LogP contribution is 2.61. The zero-order valence-electron chi connectivity index (χ0n) is 30.5. The van der Waals surface area contributed by atoms with Crippen LogP contribution in [0.2, 0.25) is 0 Å². The van der Waals surface area contributed by atoms with Crippen LogP contribution in [0, 0.1) is 0 Å². The fourth-order valence-corrected chi connectivity index (χ4v) is 9.87. The summed E-state index contributed by atoms with van der Waals surface area (Å²) in [7, 11) is 0. The first kappa shape index (κ1) is 31.2. The highest BCUT2D eigenvalue weighted by Gasteiger charge is 2.48. The fourth-order valence-electron chi connectivity index (χ4n) is 9.87. The molecule has 0 spiro atoms. The van der Waals surface area contributed by atoms with Crippen molar-refractivity contribution < 1.29 is 4.42 Å². The molecule has 260 valence electrons. The second-order valence-electron chi connectivity index (χ2n) is 15.2. The number of furan rings is 1. The predicted octanol–water partition coefficient (Wildman–Crippen LogP) is 14.7. The van der Waals surface area contributed by atoms with E-state index in [1.54, 1.807) is 0 Å². The van der Waals surface area contributed by atoms with E-state index in [0.29, 0.717) is 0 Å². The molecule has 1 heteroatoms. The summed E-state index contributed by atoms with van der Waals surface area (Å²) in [6.07, 6.45) is 0. The Bertz CT molecular complexity index is 3310. The van der Waals surface area contributed by atoms with E-state index in [2.05, 4.69) is 206 Å². The summed E-state index contributed by atoms with van der Waals surface area (Å²) in [5.74, 6) is 0. The molecule has 0 saturated carbocycles. The first-order chi connectivity index (χ1) is 27.8. The largest absolute Gasteiger partial charge is 0.456 e. The molecule has 11 aromatic rings. The van der Waals surface area contributed by atoms with E-state index >= 15 is 0 Å². The lowest BCUT2D eigenvalue weighted by Crippen LogP contribution is -2.29. The van der Waals surface area contributed by atoms with E-state index in [1.807, 2.05) is 0 Å². The Morgan fingerprint density at radius 3 is 1.70 bits per heavy atom. The van der Waals surface area contributed by atoms with E-state index in [0.717, 1.165) is 21.9 Å². The smallest absolute Gasteiger partial charge is 0.136 e. The van der Waals surface area contributed by atoms with E-state index < -0.39 is 5.41 Å². The second kappa shape index (κ2) is 11.9. The summed E-state index contributed by atoms with van der Waals surface area (Å²) in [6, 6.07) is 76.1. The molecule has 0 saturated heterocycles. The van der Waals surface area contributed by atoms with Crippen LogP contribution in [0.3, 0.4) is 0 Å². The maximum atomic E-state index is 6.59. The van der Waals surface area contributed by atoms with Crippen molar-refractivity contribution >= 4 is 54.3 Å². The molecule has 0 N–H and O–H groups in total. The molecule has 12 rings (SSSR count). The molecule has 10 aromatic carbocycles. The number of fused-ring (bicyclic) bond motifs is 10. The van der Waals surface area contributed by atoms with Crippen LogP contribution in [0.25, 0.3) is 87.6 Å². The first-order valence-electron chi connectivity index (χ1n) is 19.4. The van der Waals surface area contributed by atoms with Gasteiger partial charge in [0.15, 0.2) is 0 Å². The maximum absolute atomic E-state index is 6.59. The van der Waals surface area contributed by atoms with Gasteiger partial charge in [0, 0.05) is 10.8 Å². The monoisotopic (exact) mass is 710 g/mol. The molecule has 0 unspecified atom stereocenters. The van der Waals surface area contributed by atoms with Gasteiger partial charge >= 0.3 is 0 Å². The zero-order chi connectivity index (χ0) is 36.8. The van der Waals surface area contributed by atoms with Crippen LogP contribution in [0.15, 0.2) is 211 Å². The van der Waals surface area contributed by atoms with Crippen LogP contribution < -0.4 is 0 Å². The number of hydrogen-bond donors (Lipinski definition) is 0. The summed E-state index contributed by atoms with van der Waals surface area (Å²) in [4.78, 5) is 0. The van der Waals surface area contributed by atoms with Gasteiger partial charge in [-0.25, -0.2) is 0 Å². The van der Waals surface area contributed by atoms with E-state index in [9.17, 15) is 0 Å². The third kappa shape index (κ3) is 4.37. The van der Waals surface area contributed by atoms with Crippen molar-refractivity contribution in [3.8, 4) is 33.4 Å². The normalized spacial score (nSPS) is 13.1. The molecule has 0 amide bonds. The predicted molar refractivity (Wildman–Crippen MR) is 234 cm³/mol. The standard InChI is InChI=1S/C55H34O/c1-3-19-42(20-4-1)55(43-21-5-2-6-22-43)49-33-41(44-24-13-25-50-52(44)48-31-37-16-9-10-17-38(37)34-51(48)56-50)28-29-46(49)53-45-23-12-11-18-39(45)32-47(54(53)55)40-27-26-35-14-7-8-15-36(35)30-40/h1-34H. The third-order valence-electron chi connectivity index (χ3n) is 12.3. The van der Waals surface area contributed by atoms with Crippen molar-refractivity contribution in [3.63, 3.8) is 0 Å². The van der Waals surface area contributed by atoms with Gasteiger partial charge in [0.1, 0.15) is 11.2 Å². The van der Waals surface area contributed by atoms with Crippen LogP contribution in [0.1, 0.15) is 22.3 Å². The average molecular weight is 711 g/mol. The van der Waals surface area contributed by atoms with Crippen LogP contribution >= 0.6 is 0 Å². The van der Waals surface area contributed by atoms with Gasteiger partial charge in [-0.15, -0.1) is 0 Å². The van der Waals surface area contributed by atoms with Crippen molar-refractivity contribution in [1.29, 1.82) is 0 Å². The van der Waals surface area contributed by atoms with Gasteiger partial charge in [-0.3, -0.25) is 0 Å². The molecule has 0 aliphatic heterocycles. The Balaban J connectivity index is 1.22. The van der Waals surface area contributed by atoms with Gasteiger partial charge in [0.05, 0.1) is 5.41 Å². The molecule has 56 heavy (non-hydrogen) atoms. The molecule has 1 heterocycles. The molecule has 0 fully saturated rings. The van der Waals surface area contributed by atoms with E-state index in [-0.39, 0.29) is 0 Å². The van der Waals surface area contributed by atoms with Crippen molar-refractivity contribution in [2.24, 2.45) is 0 Å². The number of rotatable bonds is 4. The topological polar surface area (TPSA) is 13.1 Å². The lowest BCUT2D eigenvalue weighted by molar-refractivity contribution is 0.669. The van der Waals surface area contributed by atoms with Crippen molar-refractivity contribution in [3.05, 3.63) is 229 Å². The van der Waals surface area contributed by atoms with Gasteiger partial charge in [-0.2, -0.15) is 0 Å². The summed E-state index contributed by atoms with van der Waals surface area (Å²) in [6.45, 7) is 0. The van der Waals surface area contributed by atoms with Crippen molar-refractivity contribution in [2.75, 3.05) is 0 Å². The minimum absolute atomic E-state index is 0.614. The van der Waals surface area contributed by atoms with Gasteiger partial charge in [-0.05, 0) is 124 Å². The minimum Gasteiger partial charge on any atom is -0.456 e. The van der Waals surface area contributed by atoms with E-state index in [1.165, 1.54) is 88.0 Å².